The van der Waals surface area contributed by atoms with E-state index in [2.05, 4.69) is 39.5 Å². The zero-order valence-electron chi connectivity index (χ0n) is 22.2. The monoisotopic (exact) mass is 484 g/mol. The van der Waals surface area contributed by atoms with Crippen molar-refractivity contribution >= 4 is 24.3 Å². The van der Waals surface area contributed by atoms with Crippen molar-refractivity contribution in [1.82, 2.24) is 0 Å². The second kappa shape index (κ2) is 23.1. The van der Waals surface area contributed by atoms with Crippen LogP contribution in [0.25, 0.3) is 24.3 Å². The van der Waals surface area contributed by atoms with Crippen LogP contribution in [-0.4, -0.2) is 0 Å². The summed E-state index contributed by atoms with van der Waals surface area (Å²) in [6, 6.07) is 40.1. The fourth-order valence-electron chi connectivity index (χ4n) is 2.36. The lowest BCUT2D eigenvalue weighted by molar-refractivity contribution is 1.58. The minimum absolute atomic E-state index is 1.02. The first kappa shape index (κ1) is 32.3. The second-order valence-corrected chi connectivity index (χ2v) is 7.51. The molecule has 188 valence electrons. The molecule has 0 aliphatic heterocycles. The Morgan fingerprint density at radius 2 is 0.568 bits per heavy atom. The van der Waals surface area contributed by atoms with Crippen molar-refractivity contribution < 1.29 is 0 Å². The summed E-state index contributed by atoms with van der Waals surface area (Å²) in [6.07, 6.45) is 9.06. The third-order valence-corrected chi connectivity index (χ3v) is 4.49. The van der Waals surface area contributed by atoms with E-state index in [-0.39, 0.29) is 0 Å². The van der Waals surface area contributed by atoms with Crippen LogP contribution in [0.15, 0.2) is 172 Å². The Kier molecular flexibility index (Phi) is 20.2. The zero-order chi connectivity index (χ0) is 27.6. The van der Waals surface area contributed by atoms with Gasteiger partial charge >= 0.3 is 0 Å². The maximum absolute atomic E-state index is 3.63. The number of hydrogen-bond acceptors (Lipinski definition) is 0. The van der Waals surface area contributed by atoms with Crippen molar-refractivity contribution in [3.8, 4) is 0 Å². The molecule has 0 aromatic heterocycles. The normalized spacial score (nSPS) is 8.24. The van der Waals surface area contributed by atoms with E-state index < -0.39 is 0 Å². The molecule has 0 heteroatoms. The van der Waals surface area contributed by atoms with Crippen LogP contribution in [0.2, 0.25) is 0 Å². The van der Waals surface area contributed by atoms with Gasteiger partial charge in [-0.25, -0.2) is 0 Å². The van der Waals surface area contributed by atoms with Crippen molar-refractivity contribution in [3.05, 3.63) is 195 Å². The van der Waals surface area contributed by atoms with Gasteiger partial charge in [-0.05, 0) is 29.2 Å². The number of hydrogen-bond donors (Lipinski definition) is 0. The van der Waals surface area contributed by atoms with Crippen LogP contribution in [-0.2, 0) is 0 Å². The molecule has 0 aliphatic carbocycles. The first-order chi connectivity index (χ1) is 18.0. The van der Waals surface area contributed by atoms with Gasteiger partial charge in [-0.3, -0.25) is 0 Å². The van der Waals surface area contributed by atoms with Crippen LogP contribution >= 0.6 is 0 Å². The minimum Gasteiger partial charge on any atom is -0.0988 e. The van der Waals surface area contributed by atoms with Crippen molar-refractivity contribution in [2.24, 2.45) is 0 Å². The molecule has 0 saturated heterocycles. The molecule has 0 N–H and O–H groups in total. The Labute approximate surface area is 225 Å². The summed E-state index contributed by atoms with van der Waals surface area (Å²) in [5.41, 5.74) is 5.71. The SMILES string of the molecule is C=CC(=C)C.C=Cc1ccccc1.C=Cc1ccccc1.C=Cc1ccccc1.C=Cc1ccccc1. The fraction of sp³-hybridized carbons (Fsp3) is 0.0270. The zero-order valence-corrected chi connectivity index (χ0v) is 22.2. The number of rotatable bonds is 5. The smallest absolute Gasteiger partial charge is 0.0263 e. The molecule has 0 amide bonds. The van der Waals surface area contributed by atoms with Crippen LogP contribution in [0.4, 0.5) is 0 Å². The van der Waals surface area contributed by atoms with Crippen LogP contribution in [0.5, 0.6) is 0 Å². The van der Waals surface area contributed by atoms with Gasteiger partial charge in [-0.1, -0.05) is 197 Å². The molecule has 4 aromatic rings. The van der Waals surface area contributed by atoms with Gasteiger partial charge in [0.05, 0.1) is 0 Å². The molecule has 0 radical (unpaired) electrons. The Bertz CT molecular complexity index is 962. The van der Waals surface area contributed by atoms with E-state index in [1.807, 2.05) is 153 Å². The van der Waals surface area contributed by atoms with Gasteiger partial charge in [0, 0.05) is 0 Å². The maximum Gasteiger partial charge on any atom is -0.0263 e. The molecule has 0 nitrogen and oxygen atoms in total. The lowest BCUT2D eigenvalue weighted by atomic mass is 10.2. The summed E-state index contributed by atoms with van der Waals surface area (Å²) in [5.74, 6) is 0. The van der Waals surface area contributed by atoms with Crippen molar-refractivity contribution in [1.29, 1.82) is 0 Å². The van der Waals surface area contributed by atoms with Crippen molar-refractivity contribution in [2.45, 2.75) is 6.92 Å². The Morgan fingerprint density at radius 1 is 0.405 bits per heavy atom. The van der Waals surface area contributed by atoms with E-state index in [4.69, 9.17) is 0 Å². The highest BCUT2D eigenvalue weighted by atomic mass is 13.8. The van der Waals surface area contributed by atoms with E-state index in [0.717, 1.165) is 5.57 Å². The first-order valence-corrected chi connectivity index (χ1v) is 12.0. The molecule has 0 fully saturated rings. The van der Waals surface area contributed by atoms with E-state index in [1.165, 1.54) is 22.3 Å². The predicted octanol–water partition coefficient (Wildman–Crippen LogP) is 11.1. The average Bonchev–Trinajstić information content (AvgIpc) is 3.00. The summed E-state index contributed by atoms with van der Waals surface area (Å²) in [4.78, 5) is 0. The number of benzene rings is 4. The number of allylic oxidation sites excluding steroid dienone is 2. The van der Waals surface area contributed by atoms with Crippen LogP contribution in [0, 0.1) is 0 Å². The minimum atomic E-state index is 1.02. The van der Waals surface area contributed by atoms with Gasteiger partial charge in [-0.15, -0.1) is 0 Å². The molecular formula is C37H40. The van der Waals surface area contributed by atoms with Crippen molar-refractivity contribution in [2.75, 3.05) is 0 Å². The summed E-state index contributed by atoms with van der Waals surface area (Å²) in [6.45, 7) is 23.4. The van der Waals surface area contributed by atoms with Gasteiger partial charge in [0.25, 0.3) is 0 Å². The Morgan fingerprint density at radius 3 is 0.649 bits per heavy atom. The topological polar surface area (TPSA) is 0 Å². The first-order valence-electron chi connectivity index (χ1n) is 12.0. The van der Waals surface area contributed by atoms with Gasteiger partial charge in [0.2, 0.25) is 0 Å². The van der Waals surface area contributed by atoms with Gasteiger partial charge in [-0.2, -0.15) is 0 Å². The molecule has 37 heavy (non-hydrogen) atoms. The van der Waals surface area contributed by atoms with E-state index in [0.29, 0.717) is 0 Å². The third kappa shape index (κ3) is 19.3. The molecule has 0 aliphatic rings. The molecule has 0 unspecified atom stereocenters. The molecular weight excluding hydrogens is 444 g/mol. The van der Waals surface area contributed by atoms with Gasteiger partial charge < -0.3 is 0 Å². The molecule has 0 atom stereocenters. The summed E-state index contributed by atoms with van der Waals surface area (Å²) >= 11 is 0. The standard InChI is InChI=1S/4C8H8.C5H8/c4*1-2-8-6-4-3-5-7-8;1-4-5(2)3/h4*2-7H,1H2;4H,1-2H2,3H3. The van der Waals surface area contributed by atoms with Crippen molar-refractivity contribution in [3.63, 3.8) is 0 Å². The largest absolute Gasteiger partial charge is 0.0988 e. The quantitative estimate of drug-likeness (QED) is 0.247. The second-order valence-electron chi connectivity index (χ2n) is 7.51. The fourth-order valence-corrected chi connectivity index (χ4v) is 2.36. The van der Waals surface area contributed by atoms with E-state index in [1.54, 1.807) is 6.08 Å². The summed E-state index contributed by atoms with van der Waals surface area (Å²) < 4.78 is 0. The van der Waals surface area contributed by atoms with E-state index >= 15 is 0 Å². The highest BCUT2D eigenvalue weighted by molar-refractivity contribution is 5.47. The summed E-state index contributed by atoms with van der Waals surface area (Å²) in [7, 11) is 0. The highest BCUT2D eigenvalue weighted by Gasteiger charge is 1.78. The summed E-state index contributed by atoms with van der Waals surface area (Å²) in [5, 5.41) is 0. The Balaban J connectivity index is 0.000000442. The predicted molar refractivity (Wildman–Crippen MR) is 171 cm³/mol. The Hall–Kier alpha value is -4.68. The third-order valence-electron chi connectivity index (χ3n) is 4.49. The van der Waals surface area contributed by atoms with Gasteiger partial charge in [0.1, 0.15) is 0 Å². The molecule has 0 bridgehead atoms. The lowest BCUT2D eigenvalue weighted by Gasteiger charge is -1.85. The lowest BCUT2D eigenvalue weighted by Crippen LogP contribution is -1.63. The van der Waals surface area contributed by atoms with E-state index in [9.17, 15) is 0 Å². The highest BCUT2D eigenvalue weighted by Crippen LogP contribution is 1.99. The van der Waals surface area contributed by atoms with Crippen LogP contribution in [0.3, 0.4) is 0 Å². The molecule has 4 aromatic carbocycles. The van der Waals surface area contributed by atoms with Crippen LogP contribution < -0.4 is 0 Å². The van der Waals surface area contributed by atoms with Crippen LogP contribution in [0.1, 0.15) is 29.2 Å². The molecule has 0 heterocycles. The molecule has 0 spiro atoms. The average molecular weight is 485 g/mol. The molecule has 0 saturated carbocycles. The van der Waals surface area contributed by atoms with Gasteiger partial charge in [0.15, 0.2) is 0 Å². The molecule has 4 rings (SSSR count). The maximum atomic E-state index is 3.63.